The van der Waals surface area contributed by atoms with Gasteiger partial charge in [-0.25, -0.2) is 5.43 Å². The first-order valence-corrected chi connectivity index (χ1v) is 3.06. The summed E-state index contributed by atoms with van der Waals surface area (Å²) in [5.74, 6) is 0. The molecule has 0 spiro atoms. The van der Waals surface area contributed by atoms with Crippen LogP contribution in [0.5, 0.6) is 0 Å². The van der Waals surface area contributed by atoms with Gasteiger partial charge in [-0.05, 0) is 6.92 Å². The smallest absolute Gasteiger partial charge is 0.0973 e. The second kappa shape index (κ2) is 3.25. The molecule has 1 aliphatic rings. The first kappa shape index (κ1) is 6.29. The number of nitrogens with zero attached hydrogens (tertiary/aromatic N) is 1. The first-order valence-electron chi connectivity index (χ1n) is 3.06. The minimum atomic E-state index is 0.305. The Balaban J connectivity index is 2.44. The first-order chi connectivity index (χ1) is 4.39. The highest BCUT2D eigenvalue weighted by molar-refractivity contribution is 5.54. The molecular weight excluding hydrogens is 114 g/mol. The number of aliphatic imine (C=N–C) groups is 1. The molecule has 0 bridgehead atoms. The Bertz CT molecular complexity index is 114. The molecule has 2 N–H and O–H groups in total. The standard InChI is InChI=1S/C6H11N3/c1-6-3-2-4-8-9-5-7-6/h2-3,5-6,8H,4H2,1H3,(H,7,9)/b3-2+. The number of nitrogens with one attached hydrogen (secondary N) is 2. The largest absolute Gasteiger partial charge is 0.312 e. The van der Waals surface area contributed by atoms with E-state index < -0.39 is 0 Å². The minimum absolute atomic E-state index is 0.305. The molecule has 0 aliphatic carbocycles. The van der Waals surface area contributed by atoms with Crippen molar-refractivity contribution >= 4 is 6.34 Å². The van der Waals surface area contributed by atoms with Gasteiger partial charge in [-0.1, -0.05) is 12.2 Å². The molecule has 3 heteroatoms. The monoisotopic (exact) mass is 125 g/mol. The van der Waals surface area contributed by atoms with Crippen molar-refractivity contribution in [1.29, 1.82) is 0 Å². The Labute approximate surface area is 54.8 Å². The predicted molar refractivity (Wildman–Crippen MR) is 38.2 cm³/mol. The quantitative estimate of drug-likeness (QED) is 0.449. The zero-order valence-corrected chi connectivity index (χ0v) is 5.46. The molecule has 1 aliphatic heterocycles. The lowest BCUT2D eigenvalue weighted by atomic mass is 10.3. The highest BCUT2D eigenvalue weighted by atomic mass is 15.4. The van der Waals surface area contributed by atoms with E-state index in [4.69, 9.17) is 0 Å². The van der Waals surface area contributed by atoms with Gasteiger partial charge < -0.3 is 5.43 Å². The van der Waals surface area contributed by atoms with Gasteiger partial charge in [-0.3, -0.25) is 4.99 Å². The number of hydrogen-bond donors (Lipinski definition) is 2. The van der Waals surface area contributed by atoms with Crippen LogP contribution in [-0.4, -0.2) is 18.9 Å². The topological polar surface area (TPSA) is 36.4 Å². The fourth-order valence-corrected chi connectivity index (χ4v) is 0.633. The van der Waals surface area contributed by atoms with Crippen LogP contribution in [0.15, 0.2) is 17.1 Å². The molecule has 0 aromatic carbocycles. The van der Waals surface area contributed by atoms with E-state index in [2.05, 4.69) is 21.9 Å². The summed E-state index contributed by atoms with van der Waals surface area (Å²) in [7, 11) is 0. The highest BCUT2D eigenvalue weighted by Crippen LogP contribution is 1.89. The maximum atomic E-state index is 4.10. The van der Waals surface area contributed by atoms with Crippen molar-refractivity contribution in [2.45, 2.75) is 13.0 Å². The SMILES string of the molecule is CC1/C=C/CNN/C=N/1. The third-order valence-corrected chi connectivity index (χ3v) is 1.11. The maximum Gasteiger partial charge on any atom is 0.0973 e. The Morgan fingerprint density at radius 1 is 1.67 bits per heavy atom. The van der Waals surface area contributed by atoms with E-state index in [0.29, 0.717) is 6.04 Å². The molecule has 0 aromatic rings. The van der Waals surface area contributed by atoms with Crippen LogP contribution >= 0.6 is 0 Å². The van der Waals surface area contributed by atoms with Crippen molar-refractivity contribution in [2.75, 3.05) is 6.54 Å². The summed E-state index contributed by atoms with van der Waals surface area (Å²) in [5, 5.41) is 0. The summed E-state index contributed by atoms with van der Waals surface area (Å²) in [6.07, 6.45) is 5.78. The Morgan fingerprint density at radius 2 is 2.56 bits per heavy atom. The molecule has 1 atom stereocenters. The van der Waals surface area contributed by atoms with Crippen molar-refractivity contribution in [3.8, 4) is 0 Å². The van der Waals surface area contributed by atoms with Crippen LogP contribution in [0.4, 0.5) is 0 Å². The van der Waals surface area contributed by atoms with Crippen LogP contribution in [-0.2, 0) is 0 Å². The van der Waals surface area contributed by atoms with Gasteiger partial charge in [0.2, 0.25) is 0 Å². The van der Waals surface area contributed by atoms with Crippen LogP contribution in [0.3, 0.4) is 0 Å². The van der Waals surface area contributed by atoms with Gasteiger partial charge in [0.05, 0.1) is 12.4 Å². The average molecular weight is 125 g/mol. The lowest BCUT2D eigenvalue weighted by molar-refractivity contribution is 0.707. The van der Waals surface area contributed by atoms with Crippen molar-refractivity contribution < 1.29 is 0 Å². The van der Waals surface area contributed by atoms with E-state index in [1.165, 1.54) is 0 Å². The molecule has 0 amide bonds. The van der Waals surface area contributed by atoms with E-state index in [-0.39, 0.29) is 0 Å². The fourth-order valence-electron chi connectivity index (χ4n) is 0.633. The van der Waals surface area contributed by atoms with Gasteiger partial charge >= 0.3 is 0 Å². The maximum absolute atomic E-state index is 4.10. The summed E-state index contributed by atoms with van der Waals surface area (Å²) in [6, 6.07) is 0.305. The van der Waals surface area contributed by atoms with Gasteiger partial charge in [0.25, 0.3) is 0 Å². The second-order valence-electron chi connectivity index (χ2n) is 1.97. The second-order valence-corrected chi connectivity index (χ2v) is 1.97. The molecular formula is C6H11N3. The van der Waals surface area contributed by atoms with Crippen molar-refractivity contribution in [2.24, 2.45) is 4.99 Å². The molecule has 0 saturated carbocycles. The third-order valence-electron chi connectivity index (χ3n) is 1.11. The fraction of sp³-hybridized carbons (Fsp3) is 0.500. The summed E-state index contributed by atoms with van der Waals surface area (Å²) in [4.78, 5) is 4.10. The zero-order valence-electron chi connectivity index (χ0n) is 5.46. The normalized spacial score (nSPS) is 33.7. The molecule has 3 nitrogen and oxygen atoms in total. The molecule has 0 saturated heterocycles. The van der Waals surface area contributed by atoms with E-state index >= 15 is 0 Å². The molecule has 0 fully saturated rings. The van der Waals surface area contributed by atoms with Gasteiger partial charge in [-0.2, -0.15) is 0 Å². The molecule has 1 heterocycles. The van der Waals surface area contributed by atoms with E-state index in [0.717, 1.165) is 6.54 Å². The van der Waals surface area contributed by atoms with Crippen molar-refractivity contribution in [3.05, 3.63) is 12.2 Å². The lowest BCUT2D eigenvalue weighted by Gasteiger charge is -2.04. The summed E-state index contributed by atoms with van der Waals surface area (Å²) >= 11 is 0. The molecule has 1 unspecified atom stereocenters. The number of hydrogen-bond acceptors (Lipinski definition) is 3. The van der Waals surface area contributed by atoms with Gasteiger partial charge in [0.15, 0.2) is 0 Å². The Morgan fingerprint density at radius 3 is 3.44 bits per heavy atom. The van der Waals surface area contributed by atoms with Gasteiger partial charge in [-0.15, -0.1) is 0 Å². The average Bonchev–Trinajstić information content (AvgIpc) is 1.79. The van der Waals surface area contributed by atoms with E-state index in [1.807, 2.05) is 13.0 Å². The van der Waals surface area contributed by atoms with Crippen LogP contribution in [0, 0.1) is 0 Å². The summed E-state index contributed by atoms with van der Waals surface area (Å²) < 4.78 is 0. The molecule has 9 heavy (non-hydrogen) atoms. The Hall–Kier alpha value is -0.830. The van der Waals surface area contributed by atoms with Crippen molar-refractivity contribution in [3.63, 3.8) is 0 Å². The van der Waals surface area contributed by atoms with E-state index in [1.54, 1.807) is 6.34 Å². The van der Waals surface area contributed by atoms with Gasteiger partial charge in [0, 0.05) is 6.54 Å². The van der Waals surface area contributed by atoms with Crippen LogP contribution < -0.4 is 10.9 Å². The molecule has 0 aromatic heterocycles. The summed E-state index contributed by atoms with van der Waals surface area (Å²) in [6.45, 7) is 2.90. The predicted octanol–water partition coefficient (Wildman–Crippen LogP) is 0.0672. The number of rotatable bonds is 0. The van der Waals surface area contributed by atoms with E-state index in [9.17, 15) is 0 Å². The minimum Gasteiger partial charge on any atom is -0.312 e. The molecule has 0 radical (unpaired) electrons. The highest BCUT2D eigenvalue weighted by Gasteiger charge is 1.90. The zero-order chi connectivity index (χ0) is 6.53. The van der Waals surface area contributed by atoms with Crippen molar-refractivity contribution in [1.82, 2.24) is 10.9 Å². The summed E-state index contributed by atoms with van der Waals surface area (Å²) in [5.41, 5.74) is 5.75. The Kier molecular flexibility index (Phi) is 2.27. The third kappa shape index (κ3) is 2.28. The van der Waals surface area contributed by atoms with Crippen LogP contribution in [0.2, 0.25) is 0 Å². The number of hydrazine groups is 1. The van der Waals surface area contributed by atoms with Gasteiger partial charge in [0.1, 0.15) is 0 Å². The molecule has 50 valence electrons. The van der Waals surface area contributed by atoms with Crippen LogP contribution in [0.1, 0.15) is 6.92 Å². The lowest BCUT2D eigenvalue weighted by Crippen LogP contribution is -2.31. The molecule has 1 rings (SSSR count). The van der Waals surface area contributed by atoms with Crippen LogP contribution in [0.25, 0.3) is 0 Å².